The Labute approximate surface area is 166 Å². The molecule has 2 unspecified atom stereocenters. The fourth-order valence-electron chi connectivity index (χ4n) is 2.58. The number of carbonyl (C=O) groups is 1. The number of nitrogens with one attached hydrogen (secondary N) is 1. The zero-order valence-electron chi connectivity index (χ0n) is 13.5. The van der Waals surface area contributed by atoms with Gasteiger partial charge in [0, 0.05) is 19.2 Å². The van der Waals surface area contributed by atoms with E-state index in [1.807, 2.05) is 6.07 Å². The predicted octanol–water partition coefficient (Wildman–Crippen LogP) is 3.62. The number of halogens is 3. The molecule has 140 valence electrons. The second-order valence-corrected chi connectivity index (χ2v) is 6.31. The Bertz CT molecular complexity index is 775. The van der Waals surface area contributed by atoms with Crippen LogP contribution in [0.3, 0.4) is 0 Å². The minimum absolute atomic E-state index is 0. The van der Waals surface area contributed by atoms with Crippen LogP contribution in [0.2, 0.25) is 10.0 Å². The lowest BCUT2D eigenvalue weighted by molar-refractivity contribution is -0.0101. The predicted molar refractivity (Wildman–Crippen MR) is 101 cm³/mol. The first-order valence-electron chi connectivity index (χ1n) is 7.69. The van der Waals surface area contributed by atoms with E-state index in [2.05, 4.69) is 10.3 Å². The molecule has 0 bridgehead atoms. The average Bonchev–Trinajstić information content (AvgIpc) is 2.83. The molecular weight excluding hydrogens is 403 g/mol. The van der Waals surface area contributed by atoms with Crippen molar-refractivity contribution in [2.24, 2.45) is 0 Å². The summed E-state index contributed by atoms with van der Waals surface area (Å²) in [5.41, 5.74) is 0.753. The molecule has 9 heteroatoms. The van der Waals surface area contributed by atoms with Crippen molar-refractivity contribution in [1.82, 2.24) is 10.3 Å². The summed E-state index contributed by atoms with van der Waals surface area (Å²) in [6.07, 6.45) is -0.795. The first-order chi connectivity index (χ1) is 12.0. The summed E-state index contributed by atoms with van der Waals surface area (Å²) >= 11 is 12.1. The monoisotopic (exact) mass is 418 g/mol. The highest BCUT2D eigenvalue weighted by Crippen LogP contribution is 2.31. The number of benzene rings is 1. The van der Waals surface area contributed by atoms with Gasteiger partial charge < -0.3 is 19.9 Å². The van der Waals surface area contributed by atoms with Gasteiger partial charge in [-0.3, -0.25) is 0 Å². The van der Waals surface area contributed by atoms with Gasteiger partial charge in [0.25, 0.3) is 0 Å². The maximum atomic E-state index is 11.1. The van der Waals surface area contributed by atoms with Crippen LogP contribution in [0.15, 0.2) is 36.4 Å². The van der Waals surface area contributed by atoms with Crippen LogP contribution in [0.4, 0.5) is 0 Å². The second kappa shape index (κ2) is 9.39. The number of carboxylic acids is 1. The summed E-state index contributed by atoms with van der Waals surface area (Å²) in [4.78, 5) is 15.1. The summed E-state index contributed by atoms with van der Waals surface area (Å²) in [7, 11) is 0. The lowest BCUT2D eigenvalue weighted by atomic mass is 10.0. The van der Waals surface area contributed by atoms with E-state index in [-0.39, 0.29) is 30.1 Å². The third-order valence-corrected chi connectivity index (χ3v) is 4.49. The van der Waals surface area contributed by atoms with E-state index in [1.54, 1.807) is 24.3 Å². The number of nitrogens with zero attached hydrogens (tertiary/aromatic N) is 1. The van der Waals surface area contributed by atoms with Crippen LogP contribution in [0.1, 0.15) is 22.2 Å². The average molecular weight is 420 g/mol. The van der Waals surface area contributed by atoms with Crippen molar-refractivity contribution < 1.29 is 19.4 Å². The van der Waals surface area contributed by atoms with Crippen molar-refractivity contribution in [2.75, 3.05) is 19.7 Å². The number of aromatic nitrogens is 1. The van der Waals surface area contributed by atoms with Crippen molar-refractivity contribution in [3.8, 4) is 5.88 Å². The van der Waals surface area contributed by atoms with E-state index in [1.165, 1.54) is 6.07 Å². The SMILES string of the molecule is Cl.O=C(O)c1cccc(OC2CNCCOC2c2ccc(Cl)c(Cl)c2)n1. The van der Waals surface area contributed by atoms with E-state index in [9.17, 15) is 4.79 Å². The molecule has 2 heterocycles. The highest BCUT2D eigenvalue weighted by molar-refractivity contribution is 6.42. The van der Waals surface area contributed by atoms with Crippen LogP contribution < -0.4 is 10.1 Å². The van der Waals surface area contributed by atoms with E-state index in [4.69, 9.17) is 37.8 Å². The third-order valence-electron chi connectivity index (χ3n) is 3.75. The minimum atomic E-state index is -1.11. The summed E-state index contributed by atoms with van der Waals surface area (Å²) < 4.78 is 11.8. The molecule has 1 aliphatic heterocycles. The number of pyridine rings is 1. The van der Waals surface area contributed by atoms with Gasteiger partial charge in [-0.05, 0) is 23.8 Å². The lowest BCUT2D eigenvalue weighted by Gasteiger charge is -2.26. The number of hydrogen-bond donors (Lipinski definition) is 2. The standard InChI is InChI=1S/C17H16Cl2N2O4.ClH/c18-11-5-4-10(8-12(11)19)16-14(9-20-6-7-24-16)25-15-3-1-2-13(21-15)17(22)23;/h1-5,8,14,16,20H,6-7,9H2,(H,22,23);1H. The van der Waals surface area contributed by atoms with Crippen LogP contribution in [-0.2, 0) is 4.74 Å². The molecule has 3 rings (SSSR count). The summed E-state index contributed by atoms with van der Waals surface area (Å²) in [5.74, 6) is -0.885. The lowest BCUT2D eigenvalue weighted by Crippen LogP contribution is -2.34. The molecule has 0 aliphatic carbocycles. The zero-order chi connectivity index (χ0) is 17.8. The van der Waals surface area contributed by atoms with Gasteiger partial charge in [0.2, 0.25) is 5.88 Å². The zero-order valence-corrected chi connectivity index (χ0v) is 15.9. The first-order valence-corrected chi connectivity index (χ1v) is 8.44. The fourth-order valence-corrected chi connectivity index (χ4v) is 2.88. The van der Waals surface area contributed by atoms with Gasteiger partial charge >= 0.3 is 5.97 Å². The van der Waals surface area contributed by atoms with Crippen molar-refractivity contribution in [3.05, 3.63) is 57.7 Å². The molecular formula is C17H17Cl3N2O4. The molecule has 6 nitrogen and oxygen atoms in total. The minimum Gasteiger partial charge on any atom is -0.477 e. The Balaban J connectivity index is 0.00000243. The Kier molecular flexibility index (Phi) is 7.49. The fraction of sp³-hybridized carbons (Fsp3) is 0.294. The first kappa shape index (κ1) is 20.7. The highest BCUT2D eigenvalue weighted by Gasteiger charge is 2.29. The smallest absolute Gasteiger partial charge is 0.354 e. The molecule has 1 saturated heterocycles. The largest absolute Gasteiger partial charge is 0.477 e. The maximum Gasteiger partial charge on any atom is 0.354 e. The molecule has 2 atom stereocenters. The number of aromatic carboxylic acids is 1. The summed E-state index contributed by atoms with van der Waals surface area (Å²) in [5, 5.41) is 13.2. The van der Waals surface area contributed by atoms with Gasteiger partial charge in [0.15, 0.2) is 5.69 Å². The Morgan fingerprint density at radius 3 is 2.81 bits per heavy atom. The van der Waals surface area contributed by atoms with Crippen LogP contribution in [-0.4, -0.2) is 41.9 Å². The van der Waals surface area contributed by atoms with Crippen molar-refractivity contribution in [3.63, 3.8) is 0 Å². The number of rotatable bonds is 4. The number of hydrogen-bond acceptors (Lipinski definition) is 5. The number of carboxylic acid groups (broad SMARTS) is 1. The Morgan fingerprint density at radius 1 is 1.27 bits per heavy atom. The molecule has 1 aromatic carbocycles. The van der Waals surface area contributed by atoms with E-state index in [0.717, 1.165) is 5.56 Å². The van der Waals surface area contributed by atoms with Gasteiger partial charge in [-0.15, -0.1) is 12.4 Å². The Morgan fingerprint density at radius 2 is 2.08 bits per heavy atom. The molecule has 1 aromatic heterocycles. The van der Waals surface area contributed by atoms with Crippen LogP contribution in [0.5, 0.6) is 5.88 Å². The molecule has 0 amide bonds. The molecule has 2 N–H and O–H groups in total. The van der Waals surface area contributed by atoms with Gasteiger partial charge in [-0.25, -0.2) is 9.78 Å². The molecule has 26 heavy (non-hydrogen) atoms. The van der Waals surface area contributed by atoms with Crippen molar-refractivity contribution in [2.45, 2.75) is 12.2 Å². The van der Waals surface area contributed by atoms with Gasteiger partial charge in [0.1, 0.15) is 12.2 Å². The molecule has 2 aromatic rings. The normalized spacial score (nSPS) is 19.9. The molecule has 0 spiro atoms. The van der Waals surface area contributed by atoms with Gasteiger partial charge in [-0.1, -0.05) is 35.3 Å². The van der Waals surface area contributed by atoms with Crippen LogP contribution >= 0.6 is 35.6 Å². The number of ether oxygens (including phenoxy) is 2. The quantitative estimate of drug-likeness (QED) is 0.788. The molecule has 0 radical (unpaired) electrons. The Hall–Kier alpha value is -1.57. The highest BCUT2D eigenvalue weighted by atomic mass is 35.5. The summed E-state index contributed by atoms with van der Waals surface area (Å²) in [6.45, 7) is 1.71. The van der Waals surface area contributed by atoms with Crippen molar-refractivity contribution >= 4 is 41.6 Å². The van der Waals surface area contributed by atoms with E-state index < -0.39 is 12.1 Å². The topological polar surface area (TPSA) is 80.7 Å². The van der Waals surface area contributed by atoms with Crippen LogP contribution in [0.25, 0.3) is 0 Å². The second-order valence-electron chi connectivity index (χ2n) is 5.49. The van der Waals surface area contributed by atoms with E-state index >= 15 is 0 Å². The van der Waals surface area contributed by atoms with Crippen LogP contribution in [0, 0.1) is 0 Å². The molecule has 1 aliphatic rings. The van der Waals surface area contributed by atoms with Gasteiger partial charge in [-0.2, -0.15) is 0 Å². The summed E-state index contributed by atoms with van der Waals surface area (Å²) in [6, 6.07) is 9.90. The third kappa shape index (κ3) is 4.99. The van der Waals surface area contributed by atoms with E-state index in [0.29, 0.717) is 29.7 Å². The molecule has 1 fully saturated rings. The van der Waals surface area contributed by atoms with Gasteiger partial charge in [0.05, 0.1) is 16.7 Å². The molecule has 0 saturated carbocycles. The van der Waals surface area contributed by atoms with Crippen molar-refractivity contribution in [1.29, 1.82) is 0 Å². The maximum absolute atomic E-state index is 11.1.